The van der Waals surface area contributed by atoms with E-state index in [1.54, 1.807) is 6.33 Å². The first-order valence-electron chi connectivity index (χ1n) is 10.7. The number of allylic oxidation sites excluding steroid dienone is 3. The molecule has 0 saturated carbocycles. The smallest absolute Gasteiger partial charge is 0.226 e. The topological polar surface area (TPSA) is 42.7 Å². The maximum absolute atomic E-state index is 6.23. The Hall–Kier alpha value is -3.63. The summed E-state index contributed by atoms with van der Waals surface area (Å²) in [5.74, 6) is 0.940. The predicted octanol–water partition coefficient (Wildman–Crippen LogP) is 6.47. The van der Waals surface area contributed by atoms with Gasteiger partial charge >= 0.3 is 0 Å². The summed E-state index contributed by atoms with van der Waals surface area (Å²) in [6, 6.07) is 29.4. The van der Waals surface area contributed by atoms with E-state index in [1.165, 1.54) is 27.8 Å². The SMILES string of the molecule is Clc1ccc(C2CC(c3ccccc3)=CC3=C2C(c2ccccc2)n2ncnc2N3)cc1. The summed E-state index contributed by atoms with van der Waals surface area (Å²) >= 11 is 6.23. The largest absolute Gasteiger partial charge is 0.324 e. The number of aromatic nitrogens is 3. The van der Waals surface area contributed by atoms with E-state index in [0.717, 1.165) is 23.1 Å². The van der Waals surface area contributed by atoms with E-state index in [2.05, 4.69) is 88.2 Å². The highest BCUT2D eigenvalue weighted by atomic mass is 35.5. The molecule has 0 saturated heterocycles. The van der Waals surface area contributed by atoms with Gasteiger partial charge in [-0.2, -0.15) is 10.1 Å². The molecule has 4 nitrogen and oxygen atoms in total. The fraction of sp³-hybridized carbons (Fsp3) is 0.111. The molecule has 32 heavy (non-hydrogen) atoms. The van der Waals surface area contributed by atoms with Crippen molar-refractivity contribution >= 4 is 23.1 Å². The van der Waals surface area contributed by atoms with Gasteiger partial charge in [0.05, 0.1) is 0 Å². The van der Waals surface area contributed by atoms with Crippen LogP contribution in [0.5, 0.6) is 0 Å². The lowest BCUT2D eigenvalue weighted by atomic mass is 9.74. The van der Waals surface area contributed by atoms with Crippen LogP contribution in [0.2, 0.25) is 5.02 Å². The van der Waals surface area contributed by atoms with Crippen LogP contribution >= 0.6 is 11.6 Å². The van der Waals surface area contributed by atoms with Crippen molar-refractivity contribution in [3.63, 3.8) is 0 Å². The van der Waals surface area contributed by atoms with Gasteiger partial charge in [0, 0.05) is 16.6 Å². The summed E-state index contributed by atoms with van der Waals surface area (Å²) in [6.45, 7) is 0. The van der Waals surface area contributed by atoms with E-state index < -0.39 is 0 Å². The Bertz CT molecular complexity index is 1320. The average molecular weight is 437 g/mol. The van der Waals surface area contributed by atoms with Crippen LogP contribution in [0.4, 0.5) is 5.95 Å². The molecular weight excluding hydrogens is 416 g/mol. The Kier molecular flexibility index (Phi) is 4.66. The summed E-state index contributed by atoms with van der Waals surface area (Å²) in [6.07, 6.45) is 4.81. The molecule has 1 aromatic heterocycles. The first kappa shape index (κ1) is 19.1. The van der Waals surface area contributed by atoms with Crippen LogP contribution in [-0.4, -0.2) is 14.8 Å². The van der Waals surface area contributed by atoms with Crippen molar-refractivity contribution in [2.24, 2.45) is 0 Å². The van der Waals surface area contributed by atoms with Crippen LogP contribution in [0.3, 0.4) is 0 Å². The van der Waals surface area contributed by atoms with E-state index in [-0.39, 0.29) is 12.0 Å². The molecule has 0 fully saturated rings. The minimum Gasteiger partial charge on any atom is -0.324 e. The Morgan fingerprint density at radius 2 is 1.56 bits per heavy atom. The molecule has 2 aliphatic rings. The summed E-state index contributed by atoms with van der Waals surface area (Å²) in [5.41, 5.74) is 7.39. The zero-order chi connectivity index (χ0) is 21.5. The highest BCUT2D eigenvalue weighted by Crippen LogP contribution is 2.49. The number of benzene rings is 3. The second-order valence-electron chi connectivity index (χ2n) is 8.18. The Morgan fingerprint density at radius 1 is 0.844 bits per heavy atom. The van der Waals surface area contributed by atoms with Gasteiger partial charge in [0.15, 0.2) is 0 Å². The molecular formula is C27H21ClN4. The van der Waals surface area contributed by atoms with Crippen molar-refractivity contribution in [1.82, 2.24) is 14.8 Å². The minimum absolute atomic E-state index is 0.0285. The van der Waals surface area contributed by atoms with Crippen LogP contribution in [0, 0.1) is 0 Å². The molecule has 0 bridgehead atoms. The lowest BCUT2D eigenvalue weighted by molar-refractivity contribution is 0.535. The first-order chi connectivity index (χ1) is 15.8. The molecule has 3 aromatic carbocycles. The van der Waals surface area contributed by atoms with Crippen molar-refractivity contribution < 1.29 is 0 Å². The minimum atomic E-state index is -0.0285. The van der Waals surface area contributed by atoms with Gasteiger partial charge in [-0.15, -0.1) is 0 Å². The van der Waals surface area contributed by atoms with Gasteiger partial charge in [0.25, 0.3) is 0 Å². The third-order valence-corrected chi connectivity index (χ3v) is 6.57. The van der Waals surface area contributed by atoms with Crippen molar-refractivity contribution in [3.8, 4) is 0 Å². The fourth-order valence-electron chi connectivity index (χ4n) is 4.86. The van der Waals surface area contributed by atoms with Crippen LogP contribution in [0.25, 0.3) is 5.57 Å². The van der Waals surface area contributed by atoms with Gasteiger partial charge in [-0.25, -0.2) is 4.68 Å². The number of anilines is 1. The van der Waals surface area contributed by atoms with Gasteiger partial charge in [0.1, 0.15) is 12.4 Å². The van der Waals surface area contributed by atoms with Crippen LogP contribution in [-0.2, 0) is 0 Å². The molecule has 2 atom stereocenters. The van der Waals surface area contributed by atoms with E-state index >= 15 is 0 Å². The van der Waals surface area contributed by atoms with Gasteiger partial charge in [-0.3, -0.25) is 0 Å². The van der Waals surface area contributed by atoms with E-state index in [0.29, 0.717) is 0 Å². The maximum Gasteiger partial charge on any atom is 0.226 e. The lowest BCUT2D eigenvalue weighted by Crippen LogP contribution is -2.30. The molecule has 1 aliphatic heterocycles. The molecule has 5 heteroatoms. The molecule has 2 unspecified atom stereocenters. The molecule has 4 aromatic rings. The summed E-state index contributed by atoms with van der Waals surface area (Å²) in [7, 11) is 0. The zero-order valence-corrected chi connectivity index (χ0v) is 18.1. The first-order valence-corrected chi connectivity index (χ1v) is 11.1. The maximum atomic E-state index is 6.23. The summed E-state index contributed by atoms with van der Waals surface area (Å²) < 4.78 is 2.00. The summed E-state index contributed by atoms with van der Waals surface area (Å²) in [4.78, 5) is 4.49. The molecule has 1 aliphatic carbocycles. The number of nitrogens with zero attached hydrogens (tertiary/aromatic N) is 3. The van der Waals surface area contributed by atoms with Crippen LogP contribution in [0.15, 0.2) is 109 Å². The zero-order valence-electron chi connectivity index (χ0n) is 17.3. The quantitative estimate of drug-likeness (QED) is 0.400. The number of hydrogen-bond acceptors (Lipinski definition) is 3. The Morgan fingerprint density at radius 3 is 2.31 bits per heavy atom. The number of rotatable bonds is 3. The normalized spacial score (nSPS) is 19.6. The molecule has 6 rings (SSSR count). The summed E-state index contributed by atoms with van der Waals surface area (Å²) in [5, 5.41) is 8.90. The predicted molar refractivity (Wildman–Crippen MR) is 128 cm³/mol. The second-order valence-corrected chi connectivity index (χ2v) is 8.62. The van der Waals surface area contributed by atoms with Gasteiger partial charge < -0.3 is 5.32 Å². The molecule has 0 spiro atoms. The number of halogens is 1. The van der Waals surface area contributed by atoms with E-state index in [9.17, 15) is 0 Å². The van der Waals surface area contributed by atoms with Crippen LogP contribution < -0.4 is 5.32 Å². The van der Waals surface area contributed by atoms with Gasteiger partial charge in [0.2, 0.25) is 5.95 Å². The lowest BCUT2D eigenvalue weighted by Gasteiger charge is -2.37. The number of fused-ring (bicyclic) bond motifs is 1. The standard InChI is InChI=1S/C27H21ClN4/c28-22-13-11-19(12-14-22)23-15-21(18-7-3-1-4-8-18)16-24-25(23)26(20-9-5-2-6-10-20)32-27(31-24)29-17-30-32/h1-14,16-17,23,26H,15H2,(H,29,30,31). The van der Waals surface area contributed by atoms with Crippen molar-refractivity contribution in [2.45, 2.75) is 18.4 Å². The van der Waals surface area contributed by atoms with Crippen molar-refractivity contribution in [3.05, 3.63) is 130 Å². The number of hydrogen-bond donors (Lipinski definition) is 1. The molecule has 156 valence electrons. The third-order valence-electron chi connectivity index (χ3n) is 6.32. The average Bonchev–Trinajstić information content (AvgIpc) is 3.31. The molecule has 0 amide bonds. The Labute approximate surface area is 191 Å². The monoisotopic (exact) mass is 436 g/mol. The fourth-order valence-corrected chi connectivity index (χ4v) is 4.99. The number of nitrogens with one attached hydrogen (secondary N) is 1. The van der Waals surface area contributed by atoms with Gasteiger partial charge in [-0.1, -0.05) is 84.4 Å². The second kappa shape index (κ2) is 7.81. The molecule has 1 N–H and O–H groups in total. The van der Waals surface area contributed by atoms with E-state index in [4.69, 9.17) is 11.6 Å². The van der Waals surface area contributed by atoms with Crippen LogP contribution in [0.1, 0.15) is 35.1 Å². The van der Waals surface area contributed by atoms with Gasteiger partial charge in [-0.05, 0) is 52.5 Å². The Balaban J connectivity index is 1.57. The van der Waals surface area contributed by atoms with E-state index in [1.807, 2.05) is 22.9 Å². The highest BCUT2D eigenvalue weighted by Gasteiger charge is 2.37. The van der Waals surface area contributed by atoms with Crippen molar-refractivity contribution in [2.75, 3.05) is 5.32 Å². The third kappa shape index (κ3) is 3.24. The highest BCUT2D eigenvalue weighted by molar-refractivity contribution is 6.30. The molecule has 2 heterocycles. The molecule has 0 radical (unpaired) electrons. The van der Waals surface area contributed by atoms with Crippen molar-refractivity contribution in [1.29, 1.82) is 0 Å².